The van der Waals surface area contributed by atoms with Gasteiger partial charge in [-0.15, -0.1) is 0 Å². The number of hydrogen-bond donors (Lipinski definition) is 2. The number of fused-ring (bicyclic) bond motifs is 1. The lowest BCUT2D eigenvalue weighted by molar-refractivity contribution is -0.119. The summed E-state index contributed by atoms with van der Waals surface area (Å²) in [5.74, 6) is 0.0477. The maximum atomic E-state index is 12.2. The van der Waals surface area contributed by atoms with E-state index in [9.17, 15) is 4.79 Å². The lowest BCUT2D eigenvalue weighted by atomic mass is 9.66. The lowest BCUT2D eigenvalue weighted by Gasteiger charge is -2.40. The van der Waals surface area contributed by atoms with E-state index in [0.29, 0.717) is 13.0 Å². The Morgan fingerprint density at radius 3 is 2.85 bits per heavy atom. The maximum Gasteiger partial charge on any atom is 0.224 e. The molecule has 1 fully saturated rings. The van der Waals surface area contributed by atoms with Crippen LogP contribution in [-0.2, 0) is 4.79 Å². The fourth-order valence-corrected chi connectivity index (χ4v) is 2.88. The van der Waals surface area contributed by atoms with Gasteiger partial charge in [-0.1, -0.05) is 12.5 Å². The van der Waals surface area contributed by atoms with E-state index in [1.807, 2.05) is 30.3 Å². The first kappa shape index (κ1) is 13.1. The molecule has 1 saturated carbocycles. The van der Waals surface area contributed by atoms with Crippen LogP contribution in [0.3, 0.4) is 0 Å². The van der Waals surface area contributed by atoms with E-state index in [-0.39, 0.29) is 11.3 Å². The summed E-state index contributed by atoms with van der Waals surface area (Å²) < 4.78 is 0. The Kier molecular flexibility index (Phi) is 3.40. The van der Waals surface area contributed by atoms with E-state index in [1.165, 1.54) is 6.42 Å². The number of benzene rings is 1. The van der Waals surface area contributed by atoms with Gasteiger partial charge < -0.3 is 11.1 Å². The molecule has 0 bridgehead atoms. The normalized spacial score (nSPS) is 16.6. The van der Waals surface area contributed by atoms with Crippen molar-refractivity contribution in [1.29, 1.82) is 0 Å². The fraction of sp³-hybridized carbons (Fsp3) is 0.375. The third-order valence-corrected chi connectivity index (χ3v) is 4.30. The van der Waals surface area contributed by atoms with Crippen molar-refractivity contribution in [3.63, 3.8) is 0 Å². The summed E-state index contributed by atoms with van der Waals surface area (Å²) >= 11 is 0. The smallest absolute Gasteiger partial charge is 0.224 e. The van der Waals surface area contributed by atoms with Crippen LogP contribution in [0.1, 0.15) is 25.7 Å². The summed E-state index contributed by atoms with van der Waals surface area (Å²) in [5, 5.41) is 3.98. The molecule has 0 saturated heterocycles. The molecule has 3 N–H and O–H groups in total. The van der Waals surface area contributed by atoms with Crippen LogP contribution in [0, 0.1) is 5.41 Å². The summed E-state index contributed by atoms with van der Waals surface area (Å²) in [7, 11) is 0. The van der Waals surface area contributed by atoms with Crippen molar-refractivity contribution in [3.8, 4) is 0 Å². The average Bonchev–Trinajstić information content (AvgIpc) is 2.43. The molecule has 4 nitrogen and oxygen atoms in total. The van der Waals surface area contributed by atoms with Gasteiger partial charge in [-0.05, 0) is 49.1 Å². The summed E-state index contributed by atoms with van der Waals surface area (Å²) in [6.45, 7) is 0.595. The van der Waals surface area contributed by atoms with Crippen molar-refractivity contribution < 1.29 is 4.79 Å². The van der Waals surface area contributed by atoms with Crippen molar-refractivity contribution >= 4 is 22.5 Å². The number of carbonyl (C=O) groups is 1. The van der Waals surface area contributed by atoms with Gasteiger partial charge in [0.15, 0.2) is 0 Å². The molecule has 1 aliphatic rings. The van der Waals surface area contributed by atoms with Crippen LogP contribution < -0.4 is 11.1 Å². The number of carbonyl (C=O) groups excluding carboxylic acids is 1. The SMILES string of the molecule is NCC1(CC(=O)Nc2cccc3ncccc23)CCC1. The largest absolute Gasteiger partial charge is 0.330 e. The number of amides is 1. The topological polar surface area (TPSA) is 68.0 Å². The van der Waals surface area contributed by atoms with E-state index in [0.717, 1.165) is 29.4 Å². The van der Waals surface area contributed by atoms with Gasteiger partial charge in [0.05, 0.1) is 11.2 Å². The van der Waals surface area contributed by atoms with E-state index in [2.05, 4.69) is 10.3 Å². The van der Waals surface area contributed by atoms with E-state index in [4.69, 9.17) is 5.73 Å². The molecule has 0 atom stereocenters. The summed E-state index contributed by atoms with van der Waals surface area (Å²) in [6, 6.07) is 9.62. The molecule has 104 valence electrons. The van der Waals surface area contributed by atoms with E-state index in [1.54, 1.807) is 6.20 Å². The van der Waals surface area contributed by atoms with Crippen molar-refractivity contribution in [2.24, 2.45) is 11.1 Å². The number of hydrogen-bond acceptors (Lipinski definition) is 3. The average molecular weight is 269 g/mol. The number of anilines is 1. The Labute approximate surface area is 118 Å². The zero-order chi connectivity index (χ0) is 14.0. The maximum absolute atomic E-state index is 12.2. The molecule has 4 heteroatoms. The van der Waals surface area contributed by atoms with Gasteiger partial charge in [0.25, 0.3) is 0 Å². The Morgan fingerprint density at radius 1 is 1.30 bits per heavy atom. The predicted molar refractivity (Wildman–Crippen MR) is 80.3 cm³/mol. The highest BCUT2D eigenvalue weighted by Crippen LogP contribution is 2.43. The Bertz CT molecular complexity index is 624. The third-order valence-electron chi connectivity index (χ3n) is 4.30. The number of nitrogens with zero attached hydrogens (tertiary/aromatic N) is 1. The second-order valence-corrected chi connectivity index (χ2v) is 5.66. The van der Waals surface area contributed by atoms with E-state index < -0.39 is 0 Å². The zero-order valence-electron chi connectivity index (χ0n) is 11.4. The van der Waals surface area contributed by atoms with Crippen LogP contribution in [0.4, 0.5) is 5.69 Å². The molecule has 0 radical (unpaired) electrons. The molecule has 1 aliphatic carbocycles. The molecule has 2 aromatic rings. The molecule has 20 heavy (non-hydrogen) atoms. The van der Waals surface area contributed by atoms with Crippen LogP contribution in [0.15, 0.2) is 36.5 Å². The predicted octanol–water partition coefficient (Wildman–Crippen LogP) is 2.69. The van der Waals surface area contributed by atoms with Gasteiger partial charge >= 0.3 is 0 Å². The summed E-state index contributed by atoms with van der Waals surface area (Å²) in [6.07, 6.45) is 5.58. The van der Waals surface area contributed by atoms with Crippen LogP contribution in [-0.4, -0.2) is 17.4 Å². The molecule has 0 aliphatic heterocycles. The van der Waals surface area contributed by atoms with Crippen LogP contribution in [0.2, 0.25) is 0 Å². The number of aromatic nitrogens is 1. The van der Waals surface area contributed by atoms with Gasteiger partial charge in [-0.3, -0.25) is 9.78 Å². The van der Waals surface area contributed by atoms with Gasteiger partial charge in [0.1, 0.15) is 0 Å². The second-order valence-electron chi connectivity index (χ2n) is 5.66. The Morgan fingerprint density at radius 2 is 2.15 bits per heavy atom. The second kappa shape index (κ2) is 5.21. The third kappa shape index (κ3) is 2.39. The number of rotatable bonds is 4. The molecular weight excluding hydrogens is 250 g/mol. The molecule has 1 aromatic carbocycles. The van der Waals surface area contributed by atoms with Crippen LogP contribution in [0.5, 0.6) is 0 Å². The zero-order valence-corrected chi connectivity index (χ0v) is 11.4. The first-order valence-corrected chi connectivity index (χ1v) is 7.06. The fourth-order valence-electron chi connectivity index (χ4n) is 2.88. The molecule has 1 heterocycles. The highest BCUT2D eigenvalue weighted by atomic mass is 16.1. The standard InChI is InChI=1S/C16H19N3O/c17-11-16(7-3-8-16)10-15(20)19-14-6-1-5-13-12(14)4-2-9-18-13/h1-2,4-6,9H,3,7-8,10-11,17H2,(H,19,20). The molecular formula is C16H19N3O. The lowest BCUT2D eigenvalue weighted by Crippen LogP contribution is -2.40. The van der Waals surface area contributed by atoms with Crippen molar-refractivity contribution in [1.82, 2.24) is 4.98 Å². The van der Waals surface area contributed by atoms with Crippen molar-refractivity contribution in [2.45, 2.75) is 25.7 Å². The minimum absolute atomic E-state index is 0.0346. The molecule has 0 unspecified atom stereocenters. The van der Waals surface area contributed by atoms with Gasteiger partial charge in [-0.25, -0.2) is 0 Å². The van der Waals surface area contributed by atoms with Gasteiger partial charge in [0, 0.05) is 18.0 Å². The van der Waals surface area contributed by atoms with Crippen LogP contribution >= 0.6 is 0 Å². The van der Waals surface area contributed by atoms with Gasteiger partial charge in [-0.2, -0.15) is 0 Å². The Balaban J connectivity index is 1.77. The quantitative estimate of drug-likeness (QED) is 0.896. The minimum Gasteiger partial charge on any atom is -0.330 e. The molecule has 1 aromatic heterocycles. The summed E-state index contributed by atoms with van der Waals surface area (Å²) in [5.41, 5.74) is 7.56. The van der Waals surface area contributed by atoms with E-state index >= 15 is 0 Å². The number of pyridine rings is 1. The Hall–Kier alpha value is -1.94. The molecule has 1 amide bonds. The molecule has 3 rings (SSSR count). The highest BCUT2D eigenvalue weighted by molar-refractivity contribution is 6.01. The minimum atomic E-state index is 0.0346. The number of nitrogens with two attached hydrogens (primary N) is 1. The first-order chi connectivity index (χ1) is 9.72. The van der Waals surface area contributed by atoms with Crippen molar-refractivity contribution in [2.75, 3.05) is 11.9 Å². The monoisotopic (exact) mass is 269 g/mol. The molecule has 0 spiro atoms. The van der Waals surface area contributed by atoms with Gasteiger partial charge in [0.2, 0.25) is 5.91 Å². The summed E-state index contributed by atoms with van der Waals surface area (Å²) in [4.78, 5) is 16.5. The van der Waals surface area contributed by atoms with Crippen molar-refractivity contribution in [3.05, 3.63) is 36.5 Å². The number of nitrogens with one attached hydrogen (secondary N) is 1. The highest BCUT2D eigenvalue weighted by Gasteiger charge is 2.37. The first-order valence-electron chi connectivity index (χ1n) is 7.06. The van der Waals surface area contributed by atoms with Crippen LogP contribution in [0.25, 0.3) is 10.9 Å².